The Kier molecular flexibility index (Phi) is 6.12. The summed E-state index contributed by atoms with van der Waals surface area (Å²) < 4.78 is 54.5. The van der Waals surface area contributed by atoms with Gasteiger partial charge in [0.1, 0.15) is 17.2 Å². The van der Waals surface area contributed by atoms with Crippen molar-refractivity contribution in [1.29, 1.82) is 0 Å². The molecule has 1 aliphatic rings. The number of amides is 3. The average Bonchev–Trinajstić information content (AvgIpc) is 3.03. The Bertz CT molecular complexity index is 1430. The van der Waals surface area contributed by atoms with E-state index < -0.39 is 57.0 Å². The largest absolute Gasteiger partial charge is 0.325 e. The molecule has 3 amide bonds. The van der Waals surface area contributed by atoms with Crippen LogP contribution in [0.4, 0.5) is 19.3 Å². The molecule has 35 heavy (non-hydrogen) atoms. The third kappa shape index (κ3) is 4.62. The summed E-state index contributed by atoms with van der Waals surface area (Å²) in [4.78, 5) is 38.7. The number of benzene rings is 3. The van der Waals surface area contributed by atoms with Gasteiger partial charge in [-0.1, -0.05) is 30.3 Å². The Morgan fingerprint density at radius 1 is 1.00 bits per heavy atom. The van der Waals surface area contributed by atoms with Crippen molar-refractivity contribution < 1.29 is 31.6 Å². The van der Waals surface area contributed by atoms with Crippen molar-refractivity contribution in [2.45, 2.75) is 17.4 Å². The molecular weight excluding hydrogens is 480 g/mol. The average molecular weight is 499 g/mol. The molecule has 180 valence electrons. The number of nitrogens with one attached hydrogen (secondary N) is 2. The summed E-state index contributed by atoms with van der Waals surface area (Å²) in [5, 5.41) is 2.51. The number of Topliss-reactive ketones (excluding diaryl/α,β-unsaturated/α-hetero) is 1. The van der Waals surface area contributed by atoms with E-state index in [4.69, 9.17) is 0 Å². The molecule has 0 aliphatic carbocycles. The highest BCUT2D eigenvalue weighted by Gasteiger charge is 2.49. The van der Waals surface area contributed by atoms with Crippen LogP contribution in [0.3, 0.4) is 0 Å². The van der Waals surface area contributed by atoms with Crippen LogP contribution >= 0.6 is 0 Å². The molecule has 1 fully saturated rings. The quantitative estimate of drug-likeness (QED) is 0.382. The Balaban J connectivity index is 1.51. The van der Waals surface area contributed by atoms with Gasteiger partial charge in [0.2, 0.25) is 0 Å². The number of halogens is 2. The highest BCUT2D eigenvalue weighted by atomic mass is 32.2. The summed E-state index contributed by atoms with van der Waals surface area (Å²) >= 11 is 0. The summed E-state index contributed by atoms with van der Waals surface area (Å²) in [5.41, 5.74) is -1.43. The van der Waals surface area contributed by atoms with Crippen molar-refractivity contribution >= 4 is 33.4 Å². The van der Waals surface area contributed by atoms with Crippen LogP contribution in [0.2, 0.25) is 0 Å². The van der Waals surface area contributed by atoms with Crippen molar-refractivity contribution in [1.82, 2.24) is 10.2 Å². The zero-order valence-corrected chi connectivity index (χ0v) is 19.1. The first kappa shape index (κ1) is 24.0. The molecule has 1 atom stereocenters. The van der Waals surface area contributed by atoms with Gasteiger partial charge in [-0.05, 0) is 48.9 Å². The van der Waals surface area contributed by atoms with Crippen LogP contribution in [0.25, 0.3) is 0 Å². The summed E-state index contributed by atoms with van der Waals surface area (Å²) in [6.07, 6.45) is 0. The predicted molar refractivity (Wildman–Crippen MR) is 122 cm³/mol. The Morgan fingerprint density at radius 2 is 1.66 bits per heavy atom. The van der Waals surface area contributed by atoms with Gasteiger partial charge in [0.15, 0.2) is 5.78 Å². The second-order valence-electron chi connectivity index (χ2n) is 7.99. The number of urea groups is 1. The minimum Gasteiger partial charge on any atom is -0.319 e. The minimum atomic E-state index is -3.82. The summed E-state index contributed by atoms with van der Waals surface area (Å²) in [5.74, 6) is -3.59. The van der Waals surface area contributed by atoms with Gasteiger partial charge in [-0.15, -0.1) is 0 Å². The number of anilines is 1. The van der Waals surface area contributed by atoms with Crippen molar-refractivity contribution in [2.75, 3.05) is 11.3 Å². The number of rotatable bonds is 7. The molecule has 3 aromatic rings. The molecule has 2 N–H and O–H groups in total. The minimum absolute atomic E-state index is 0.0761. The number of carbonyl (C=O) groups excluding carboxylic acids is 3. The van der Waals surface area contributed by atoms with Crippen LogP contribution in [-0.4, -0.2) is 37.6 Å². The molecule has 0 spiro atoms. The topological polar surface area (TPSA) is 113 Å². The summed E-state index contributed by atoms with van der Waals surface area (Å²) in [6, 6.07) is 15.1. The van der Waals surface area contributed by atoms with Gasteiger partial charge in [0.25, 0.3) is 15.9 Å². The van der Waals surface area contributed by atoms with E-state index in [1.807, 2.05) is 0 Å². The SMILES string of the molecule is CC1(c2ccc(NS(=O)(=O)c3ccccc3)cc2)NC(=O)N(CC(=O)c2ccc(F)cc2F)C1=O. The number of hydrogen-bond acceptors (Lipinski definition) is 5. The molecule has 0 radical (unpaired) electrons. The number of imide groups is 1. The van der Waals surface area contributed by atoms with Crippen molar-refractivity contribution in [3.05, 3.63) is 95.6 Å². The van der Waals surface area contributed by atoms with E-state index in [9.17, 15) is 31.6 Å². The molecule has 4 rings (SSSR count). The smallest absolute Gasteiger partial charge is 0.319 e. The lowest BCUT2D eigenvalue weighted by atomic mass is 9.92. The molecule has 1 unspecified atom stereocenters. The van der Waals surface area contributed by atoms with E-state index in [-0.39, 0.29) is 10.6 Å². The number of sulfonamides is 1. The van der Waals surface area contributed by atoms with Crippen LogP contribution in [0.15, 0.2) is 77.7 Å². The van der Waals surface area contributed by atoms with Crippen LogP contribution in [0, 0.1) is 11.6 Å². The van der Waals surface area contributed by atoms with Crippen LogP contribution in [0.1, 0.15) is 22.8 Å². The van der Waals surface area contributed by atoms with E-state index >= 15 is 0 Å². The highest BCUT2D eigenvalue weighted by molar-refractivity contribution is 7.92. The van der Waals surface area contributed by atoms with E-state index in [1.165, 1.54) is 43.3 Å². The van der Waals surface area contributed by atoms with Gasteiger partial charge in [-0.3, -0.25) is 19.2 Å². The molecule has 0 bridgehead atoms. The zero-order valence-electron chi connectivity index (χ0n) is 18.3. The molecule has 1 saturated heterocycles. The predicted octanol–water partition coefficient (Wildman–Crippen LogP) is 3.42. The number of ketones is 1. The lowest BCUT2D eigenvalue weighted by Crippen LogP contribution is -2.41. The third-order valence-corrected chi connectivity index (χ3v) is 6.97. The van der Waals surface area contributed by atoms with Crippen LogP contribution < -0.4 is 10.0 Å². The first-order valence-electron chi connectivity index (χ1n) is 10.3. The van der Waals surface area contributed by atoms with Gasteiger partial charge >= 0.3 is 6.03 Å². The maximum Gasteiger partial charge on any atom is 0.325 e. The first-order chi connectivity index (χ1) is 16.5. The fourth-order valence-corrected chi connectivity index (χ4v) is 4.75. The Hall–Kier alpha value is -4.12. The monoisotopic (exact) mass is 499 g/mol. The van der Waals surface area contributed by atoms with Gasteiger partial charge < -0.3 is 5.32 Å². The van der Waals surface area contributed by atoms with E-state index in [0.29, 0.717) is 16.5 Å². The number of hydrogen-bond donors (Lipinski definition) is 2. The summed E-state index contributed by atoms with van der Waals surface area (Å²) in [7, 11) is -3.82. The van der Waals surface area contributed by atoms with Crippen LogP contribution in [0.5, 0.6) is 0 Å². The highest BCUT2D eigenvalue weighted by Crippen LogP contribution is 2.30. The zero-order chi connectivity index (χ0) is 25.4. The van der Waals surface area contributed by atoms with Gasteiger partial charge in [0.05, 0.1) is 17.0 Å². The molecule has 11 heteroatoms. The van der Waals surface area contributed by atoms with Crippen LogP contribution in [-0.2, 0) is 20.4 Å². The van der Waals surface area contributed by atoms with Crippen molar-refractivity contribution in [3.63, 3.8) is 0 Å². The molecule has 1 heterocycles. The van der Waals surface area contributed by atoms with E-state index in [2.05, 4.69) is 10.0 Å². The fraction of sp³-hybridized carbons (Fsp3) is 0.125. The second-order valence-corrected chi connectivity index (χ2v) is 9.67. The fourth-order valence-electron chi connectivity index (χ4n) is 3.67. The molecule has 3 aromatic carbocycles. The number of carbonyl (C=O) groups is 3. The lowest BCUT2D eigenvalue weighted by molar-refractivity contribution is -0.130. The standard InChI is InChI=1S/C24H19F2N3O5S/c1-24(15-7-10-17(11-8-15)28-35(33,34)18-5-3-2-4-6-18)22(31)29(23(32)27-24)14-21(30)19-12-9-16(25)13-20(19)26/h2-13,28H,14H2,1H3,(H,27,32). The van der Waals surface area contributed by atoms with Crippen molar-refractivity contribution in [2.24, 2.45) is 0 Å². The van der Waals surface area contributed by atoms with E-state index in [0.717, 1.165) is 12.1 Å². The maximum atomic E-state index is 13.9. The number of nitrogens with zero attached hydrogens (tertiary/aromatic N) is 1. The van der Waals surface area contributed by atoms with Gasteiger partial charge in [-0.2, -0.15) is 0 Å². The van der Waals surface area contributed by atoms with Crippen molar-refractivity contribution in [3.8, 4) is 0 Å². The van der Waals surface area contributed by atoms with Gasteiger partial charge in [-0.25, -0.2) is 22.0 Å². The van der Waals surface area contributed by atoms with E-state index in [1.54, 1.807) is 18.2 Å². The van der Waals surface area contributed by atoms with Gasteiger partial charge in [0, 0.05) is 11.8 Å². The lowest BCUT2D eigenvalue weighted by Gasteiger charge is -2.22. The first-order valence-corrected chi connectivity index (χ1v) is 11.8. The second kappa shape index (κ2) is 8.91. The normalized spacial score (nSPS) is 17.9. The molecule has 0 saturated carbocycles. The summed E-state index contributed by atoms with van der Waals surface area (Å²) in [6.45, 7) is 0.692. The molecule has 8 nitrogen and oxygen atoms in total. The molecule has 0 aromatic heterocycles. The maximum absolute atomic E-state index is 13.9. The Morgan fingerprint density at radius 3 is 2.29 bits per heavy atom. The third-order valence-electron chi connectivity index (χ3n) is 5.58. The Labute approximate surface area is 199 Å². The molecule has 1 aliphatic heterocycles. The molecular formula is C24H19F2N3O5S.